The van der Waals surface area contributed by atoms with Crippen molar-refractivity contribution < 1.29 is 9.53 Å². The fraction of sp³-hybridized carbons (Fsp3) is 0.545. The van der Waals surface area contributed by atoms with Crippen molar-refractivity contribution in [1.82, 2.24) is 5.32 Å². The summed E-state index contributed by atoms with van der Waals surface area (Å²) in [5, 5.41) is 2.80. The van der Waals surface area contributed by atoms with Gasteiger partial charge in [0.2, 0.25) is 0 Å². The smallest absolute Gasteiger partial charge is 0.250 e. The summed E-state index contributed by atoms with van der Waals surface area (Å²) in [7, 11) is 1.48. The highest BCUT2D eigenvalue weighted by atomic mass is 35.5. The number of ether oxygens (including phenoxy) is 1. The lowest BCUT2D eigenvalue weighted by Gasteiger charge is -2.12. The van der Waals surface area contributed by atoms with Crippen LogP contribution in [0.4, 0.5) is 0 Å². The van der Waals surface area contributed by atoms with E-state index in [9.17, 15) is 4.79 Å². The van der Waals surface area contributed by atoms with Crippen LogP contribution in [0, 0.1) is 0 Å². The molecule has 1 aromatic heterocycles. The first-order valence-electron chi connectivity index (χ1n) is 5.29. The van der Waals surface area contributed by atoms with E-state index in [2.05, 4.69) is 18.3 Å². The molecule has 3 N–H and O–H groups in total. The predicted octanol–water partition coefficient (Wildman–Crippen LogP) is 1.32. The topological polar surface area (TPSA) is 64.4 Å². The second-order valence-corrected chi connectivity index (χ2v) is 4.65. The molecule has 0 aliphatic heterocycles. The second kappa shape index (κ2) is 8.47. The van der Waals surface area contributed by atoms with Crippen molar-refractivity contribution in [2.45, 2.75) is 26.0 Å². The minimum absolute atomic E-state index is 0. The Kier molecular flexibility index (Phi) is 8.16. The summed E-state index contributed by atoms with van der Waals surface area (Å²) in [5.41, 5.74) is 5.40. The Morgan fingerprint density at radius 2 is 2.18 bits per heavy atom. The van der Waals surface area contributed by atoms with Crippen LogP contribution < -0.4 is 11.1 Å². The van der Waals surface area contributed by atoms with Crippen LogP contribution in [0.1, 0.15) is 16.7 Å². The fourth-order valence-electron chi connectivity index (χ4n) is 1.31. The third-order valence-corrected chi connectivity index (χ3v) is 3.52. The molecule has 98 valence electrons. The van der Waals surface area contributed by atoms with Crippen LogP contribution in [0.2, 0.25) is 0 Å². The SMILES string of the molecule is CCc1ccc(CNC(=O)C(CN)OC)s1.Cl. The largest absolute Gasteiger partial charge is 0.370 e. The van der Waals surface area contributed by atoms with E-state index in [1.165, 1.54) is 12.0 Å². The Morgan fingerprint density at radius 3 is 2.65 bits per heavy atom. The minimum Gasteiger partial charge on any atom is -0.370 e. The van der Waals surface area contributed by atoms with Gasteiger partial charge in [-0.2, -0.15) is 0 Å². The summed E-state index contributed by atoms with van der Waals surface area (Å²) >= 11 is 1.71. The van der Waals surface area contributed by atoms with Crippen molar-refractivity contribution >= 4 is 29.7 Å². The molecule has 1 amide bonds. The van der Waals surface area contributed by atoms with Crippen LogP contribution in [0.15, 0.2) is 12.1 Å². The number of methoxy groups -OCH3 is 1. The molecule has 1 unspecified atom stereocenters. The van der Waals surface area contributed by atoms with E-state index in [4.69, 9.17) is 10.5 Å². The van der Waals surface area contributed by atoms with Crippen LogP contribution in [0.5, 0.6) is 0 Å². The number of carbonyl (C=O) groups is 1. The zero-order chi connectivity index (χ0) is 12.0. The van der Waals surface area contributed by atoms with Crippen molar-refractivity contribution in [3.63, 3.8) is 0 Å². The molecule has 1 rings (SSSR count). The predicted molar refractivity (Wildman–Crippen MR) is 72.6 cm³/mol. The van der Waals surface area contributed by atoms with Crippen LogP contribution >= 0.6 is 23.7 Å². The van der Waals surface area contributed by atoms with E-state index in [1.807, 2.05) is 6.07 Å². The molecular formula is C11H19ClN2O2S. The number of carbonyl (C=O) groups excluding carboxylic acids is 1. The molecule has 0 aliphatic carbocycles. The molecule has 0 aromatic carbocycles. The zero-order valence-corrected chi connectivity index (χ0v) is 11.7. The van der Waals surface area contributed by atoms with Gasteiger partial charge in [-0.3, -0.25) is 4.79 Å². The van der Waals surface area contributed by atoms with E-state index in [-0.39, 0.29) is 24.9 Å². The summed E-state index contributed by atoms with van der Waals surface area (Å²) in [6.45, 7) is 2.86. The number of hydrogen-bond donors (Lipinski definition) is 2. The molecule has 6 heteroatoms. The van der Waals surface area contributed by atoms with Crippen molar-refractivity contribution in [2.75, 3.05) is 13.7 Å². The number of halogens is 1. The van der Waals surface area contributed by atoms with Gasteiger partial charge in [-0.1, -0.05) is 6.92 Å². The number of nitrogens with one attached hydrogen (secondary N) is 1. The maximum Gasteiger partial charge on any atom is 0.250 e. The molecule has 0 fully saturated rings. The number of aryl methyl sites for hydroxylation is 1. The first kappa shape index (κ1) is 16.4. The molecule has 17 heavy (non-hydrogen) atoms. The van der Waals surface area contributed by atoms with Gasteiger partial charge in [-0.15, -0.1) is 23.7 Å². The van der Waals surface area contributed by atoms with E-state index in [1.54, 1.807) is 11.3 Å². The van der Waals surface area contributed by atoms with Crippen LogP contribution in [-0.2, 0) is 22.5 Å². The molecule has 1 heterocycles. The maximum absolute atomic E-state index is 11.5. The Labute approximate surface area is 112 Å². The zero-order valence-electron chi connectivity index (χ0n) is 10.1. The van der Waals surface area contributed by atoms with Gasteiger partial charge in [0, 0.05) is 23.4 Å². The molecule has 1 aromatic rings. The highest BCUT2D eigenvalue weighted by Gasteiger charge is 2.14. The number of hydrogen-bond acceptors (Lipinski definition) is 4. The molecule has 0 spiro atoms. The van der Waals surface area contributed by atoms with E-state index in [0.717, 1.165) is 11.3 Å². The monoisotopic (exact) mass is 278 g/mol. The second-order valence-electron chi connectivity index (χ2n) is 3.40. The molecule has 0 saturated carbocycles. The minimum atomic E-state index is -0.550. The summed E-state index contributed by atoms with van der Waals surface area (Å²) < 4.78 is 4.94. The molecule has 0 aliphatic rings. The van der Waals surface area contributed by atoms with Gasteiger partial charge in [-0.05, 0) is 18.6 Å². The first-order valence-corrected chi connectivity index (χ1v) is 6.11. The Hall–Kier alpha value is -0.620. The highest BCUT2D eigenvalue weighted by molar-refractivity contribution is 7.11. The van der Waals surface area contributed by atoms with Gasteiger partial charge in [0.15, 0.2) is 0 Å². The van der Waals surface area contributed by atoms with Crippen molar-refractivity contribution in [2.24, 2.45) is 5.73 Å². The molecule has 0 radical (unpaired) electrons. The van der Waals surface area contributed by atoms with E-state index >= 15 is 0 Å². The van der Waals surface area contributed by atoms with Gasteiger partial charge in [0.05, 0.1) is 6.54 Å². The van der Waals surface area contributed by atoms with Crippen molar-refractivity contribution in [3.8, 4) is 0 Å². The quantitative estimate of drug-likeness (QED) is 0.825. The molecule has 0 bridgehead atoms. The standard InChI is InChI=1S/C11H18N2O2S.ClH/c1-3-8-4-5-9(16-8)7-13-11(14)10(6-12)15-2;/h4-5,10H,3,6-7,12H2,1-2H3,(H,13,14);1H. The lowest BCUT2D eigenvalue weighted by molar-refractivity contribution is -0.130. The molecule has 1 atom stereocenters. The summed E-state index contributed by atoms with van der Waals surface area (Å²) in [4.78, 5) is 14.0. The number of nitrogens with two attached hydrogens (primary N) is 1. The third-order valence-electron chi connectivity index (χ3n) is 2.29. The van der Waals surface area contributed by atoms with Crippen LogP contribution in [0.3, 0.4) is 0 Å². The molecule has 4 nitrogen and oxygen atoms in total. The summed E-state index contributed by atoms with van der Waals surface area (Å²) in [6.07, 6.45) is 0.480. The van der Waals surface area contributed by atoms with Crippen molar-refractivity contribution in [3.05, 3.63) is 21.9 Å². The van der Waals surface area contributed by atoms with E-state index in [0.29, 0.717) is 6.54 Å². The molecular weight excluding hydrogens is 260 g/mol. The highest BCUT2D eigenvalue weighted by Crippen LogP contribution is 2.16. The van der Waals surface area contributed by atoms with Gasteiger partial charge < -0.3 is 15.8 Å². The number of thiophene rings is 1. The maximum atomic E-state index is 11.5. The number of rotatable bonds is 6. The normalized spacial score (nSPS) is 11.7. The average molecular weight is 279 g/mol. The van der Waals surface area contributed by atoms with Crippen molar-refractivity contribution in [1.29, 1.82) is 0 Å². The lowest BCUT2D eigenvalue weighted by Crippen LogP contribution is -2.40. The summed E-state index contributed by atoms with van der Waals surface area (Å²) in [6, 6.07) is 4.12. The van der Waals surface area contributed by atoms with E-state index < -0.39 is 6.10 Å². The first-order chi connectivity index (χ1) is 7.71. The van der Waals surface area contributed by atoms with Crippen LogP contribution in [0.25, 0.3) is 0 Å². The Balaban J connectivity index is 0.00000256. The van der Waals surface area contributed by atoms with Gasteiger partial charge in [0.25, 0.3) is 5.91 Å². The van der Waals surface area contributed by atoms with Gasteiger partial charge >= 0.3 is 0 Å². The molecule has 0 saturated heterocycles. The Morgan fingerprint density at radius 1 is 1.53 bits per heavy atom. The third kappa shape index (κ3) is 5.04. The number of amides is 1. The van der Waals surface area contributed by atoms with Gasteiger partial charge in [-0.25, -0.2) is 0 Å². The van der Waals surface area contributed by atoms with Crippen LogP contribution in [-0.4, -0.2) is 25.7 Å². The fourth-order valence-corrected chi connectivity index (χ4v) is 2.20. The average Bonchev–Trinajstić information content (AvgIpc) is 2.76. The van der Waals surface area contributed by atoms with Gasteiger partial charge in [0.1, 0.15) is 6.10 Å². The lowest BCUT2D eigenvalue weighted by atomic mass is 10.3. The Bertz CT molecular complexity index is 340. The summed E-state index contributed by atoms with van der Waals surface area (Å²) in [5.74, 6) is -0.156.